The summed E-state index contributed by atoms with van der Waals surface area (Å²) in [6.45, 7) is 8.23. The summed E-state index contributed by atoms with van der Waals surface area (Å²) in [7, 11) is 0. The van der Waals surface area contributed by atoms with Crippen molar-refractivity contribution in [2.24, 2.45) is 10.4 Å². The molecular weight excluding hydrogens is 808 g/mol. The number of nitriles is 1. The monoisotopic (exact) mass is 856 g/mol. The second-order valence-electron chi connectivity index (χ2n) is 17.6. The highest BCUT2D eigenvalue weighted by Crippen LogP contribution is 2.53. The third-order valence-electron chi connectivity index (χ3n) is 13.8. The SMILES string of the molecule is Cc1sc2c(c1C)C(c1ccc(OC3CCC4(CC3)CCN(c3ccc(C(=O)NC5CCC(Oc6ccc(C#N)c(Cl)c6)CC5)nn3)CC4)nc1)=NC1(CC1)c1nnc(C)n1-2. The van der Waals surface area contributed by atoms with Crippen LogP contribution in [0.5, 0.6) is 11.6 Å². The van der Waals surface area contributed by atoms with Crippen molar-refractivity contribution < 1.29 is 14.3 Å². The Morgan fingerprint density at radius 2 is 1.66 bits per heavy atom. The van der Waals surface area contributed by atoms with E-state index in [0.717, 1.165) is 129 Å². The molecule has 1 N–H and O–H groups in total. The van der Waals surface area contributed by atoms with E-state index in [1.807, 2.05) is 25.3 Å². The number of nitrogens with one attached hydrogen (secondary N) is 1. The Balaban J connectivity index is 0.692. The summed E-state index contributed by atoms with van der Waals surface area (Å²) in [5, 5.41) is 31.7. The predicted molar refractivity (Wildman–Crippen MR) is 233 cm³/mol. The largest absolute Gasteiger partial charge is 0.490 e. The van der Waals surface area contributed by atoms with Crippen LogP contribution in [-0.2, 0) is 5.54 Å². The average Bonchev–Trinajstić information content (AvgIpc) is 3.89. The number of anilines is 1. The van der Waals surface area contributed by atoms with Gasteiger partial charge in [0.15, 0.2) is 17.3 Å². The molecule has 0 atom stereocenters. The lowest BCUT2D eigenvalue weighted by Gasteiger charge is -2.46. The minimum atomic E-state index is -0.319. The minimum absolute atomic E-state index is 0.0356. The van der Waals surface area contributed by atoms with Gasteiger partial charge in [-0.05, 0) is 139 Å². The lowest BCUT2D eigenvalue weighted by Crippen LogP contribution is -2.43. The fraction of sp³-hybridized carbons (Fsp3) is 0.478. The van der Waals surface area contributed by atoms with Crippen LogP contribution in [0.3, 0.4) is 0 Å². The van der Waals surface area contributed by atoms with Crippen molar-refractivity contribution in [3.63, 3.8) is 0 Å². The Kier molecular flexibility index (Phi) is 10.3. The Labute approximate surface area is 364 Å². The van der Waals surface area contributed by atoms with Crippen molar-refractivity contribution in [1.29, 1.82) is 5.26 Å². The summed E-state index contributed by atoms with van der Waals surface area (Å²) in [5.41, 5.74) is 5.15. The molecule has 0 bridgehead atoms. The maximum atomic E-state index is 13.1. The number of aliphatic imine (C=N–C) groups is 1. The molecule has 5 aliphatic rings. The zero-order valence-corrected chi connectivity index (χ0v) is 36.4. The fourth-order valence-corrected chi connectivity index (χ4v) is 11.2. The molecule has 0 unspecified atom stereocenters. The first kappa shape index (κ1) is 39.7. The van der Waals surface area contributed by atoms with Crippen LogP contribution in [0.15, 0.2) is 53.7 Å². The number of amides is 1. The molecule has 10 rings (SSSR count). The Morgan fingerprint density at radius 1 is 0.885 bits per heavy atom. The van der Waals surface area contributed by atoms with Gasteiger partial charge in [0.1, 0.15) is 34.3 Å². The maximum Gasteiger partial charge on any atom is 0.272 e. The van der Waals surface area contributed by atoms with Crippen molar-refractivity contribution >= 4 is 40.4 Å². The number of hydrogen-bond acceptors (Lipinski definition) is 12. The van der Waals surface area contributed by atoms with E-state index in [1.54, 1.807) is 35.6 Å². The number of aromatic nitrogens is 6. The second-order valence-corrected chi connectivity index (χ2v) is 19.3. The molecule has 2 spiro atoms. The third kappa shape index (κ3) is 7.64. The number of ether oxygens (including phenoxy) is 2. The van der Waals surface area contributed by atoms with E-state index in [1.165, 1.54) is 10.4 Å². The Hall–Kier alpha value is -5.39. The van der Waals surface area contributed by atoms with E-state index in [0.29, 0.717) is 33.3 Å². The minimum Gasteiger partial charge on any atom is -0.490 e. The molecule has 13 nitrogen and oxygen atoms in total. The number of nitrogens with zero attached hydrogens (tertiary/aromatic N) is 9. The second kappa shape index (κ2) is 15.8. The van der Waals surface area contributed by atoms with Crippen LogP contribution in [0.4, 0.5) is 5.82 Å². The van der Waals surface area contributed by atoms with E-state index in [2.05, 4.69) is 61.2 Å². The first-order valence-electron chi connectivity index (χ1n) is 21.6. The van der Waals surface area contributed by atoms with Crippen molar-refractivity contribution in [2.45, 2.75) is 122 Å². The predicted octanol–water partition coefficient (Wildman–Crippen LogP) is 8.53. The average molecular weight is 857 g/mol. The van der Waals surface area contributed by atoms with Gasteiger partial charge in [-0.1, -0.05) is 11.6 Å². The van der Waals surface area contributed by atoms with Crippen LogP contribution in [-0.4, -0.2) is 72.9 Å². The maximum absolute atomic E-state index is 13.1. The third-order valence-corrected chi connectivity index (χ3v) is 15.3. The molecule has 1 amide bonds. The van der Waals surface area contributed by atoms with E-state index in [4.69, 9.17) is 36.3 Å². The van der Waals surface area contributed by atoms with Crippen LogP contribution < -0.4 is 19.7 Å². The van der Waals surface area contributed by atoms with E-state index in [-0.39, 0.29) is 29.7 Å². The number of hydrogen-bond donors (Lipinski definition) is 1. The number of benzene rings is 1. The van der Waals surface area contributed by atoms with Crippen molar-refractivity contribution in [1.82, 2.24) is 35.3 Å². The number of piperidine rings is 1. The number of thiophene rings is 1. The highest BCUT2D eigenvalue weighted by molar-refractivity contribution is 7.15. The van der Waals surface area contributed by atoms with E-state index in [9.17, 15) is 4.79 Å². The van der Waals surface area contributed by atoms with Gasteiger partial charge in [0, 0.05) is 53.5 Å². The van der Waals surface area contributed by atoms with Crippen molar-refractivity contribution in [3.8, 4) is 22.7 Å². The summed E-state index contributed by atoms with van der Waals surface area (Å²) in [4.78, 5) is 26.9. The molecule has 314 valence electrons. The van der Waals surface area contributed by atoms with Gasteiger partial charge < -0.3 is 19.7 Å². The number of aryl methyl sites for hydroxylation is 2. The highest BCUT2D eigenvalue weighted by Gasteiger charge is 2.51. The normalized spacial score (nSPS) is 21.5. The van der Waals surface area contributed by atoms with Gasteiger partial charge in [0.25, 0.3) is 5.91 Å². The van der Waals surface area contributed by atoms with Crippen molar-refractivity contribution in [2.75, 3.05) is 18.0 Å². The summed E-state index contributed by atoms with van der Waals surface area (Å²) < 4.78 is 14.9. The van der Waals surface area contributed by atoms with E-state index >= 15 is 0 Å². The quantitative estimate of drug-likeness (QED) is 0.161. The molecule has 4 fully saturated rings. The van der Waals surface area contributed by atoms with Crippen LogP contribution in [0.2, 0.25) is 5.02 Å². The van der Waals surface area contributed by atoms with E-state index < -0.39 is 0 Å². The molecule has 1 saturated heterocycles. The summed E-state index contributed by atoms with van der Waals surface area (Å²) in [6.07, 6.45) is 13.8. The number of pyridine rings is 1. The summed E-state index contributed by atoms with van der Waals surface area (Å²) >= 11 is 7.95. The molecule has 1 aromatic carbocycles. The molecule has 0 radical (unpaired) electrons. The van der Waals surface area contributed by atoms with Gasteiger partial charge in [0.05, 0.1) is 22.4 Å². The lowest BCUT2D eigenvalue weighted by atomic mass is 9.67. The van der Waals surface area contributed by atoms with Crippen LogP contribution in [0.25, 0.3) is 5.00 Å². The number of carbonyl (C=O) groups excluding carboxylic acids is 1. The molecule has 61 heavy (non-hydrogen) atoms. The first-order valence-corrected chi connectivity index (χ1v) is 22.8. The summed E-state index contributed by atoms with van der Waals surface area (Å²) in [6, 6.07) is 15.1. The Bertz CT molecular complexity index is 2530. The number of carbonyl (C=O) groups is 1. The smallest absolute Gasteiger partial charge is 0.272 e. The van der Waals surface area contributed by atoms with Crippen LogP contribution >= 0.6 is 22.9 Å². The zero-order chi connectivity index (χ0) is 41.9. The zero-order valence-electron chi connectivity index (χ0n) is 34.8. The number of halogens is 1. The first-order chi connectivity index (χ1) is 29.6. The van der Waals surface area contributed by atoms with Crippen LogP contribution in [0.1, 0.15) is 126 Å². The van der Waals surface area contributed by atoms with Gasteiger partial charge in [-0.3, -0.25) is 14.4 Å². The van der Waals surface area contributed by atoms with Gasteiger partial charge in [0.2, 0.25) is 5.88 Å². The molecule has 5 aromatic rings. The van der Waals surface area contributed by atoms with Gasteiger partial charge in [-0.25, -0.2) is 4.98 Å². The summed E-state index contributed by atoms with van der Waals surface area (Å²) in [5.74, 6) is 3.79. The molecular formula is C46H49ClN10O3S. The van der Waals surface area contributed by atoms with Gasteiger partial charge in [-0.2, -0.15) is 5.26 Å². The van der Waals surface area contributed by atoms with Crippen molar-refractivity contribution in [3.05, 3.63) is 98.2 Å². The molecule has 6 heterocycles. The highest BCUT2D eigenvalue weighted by atomic mass is 35.5. The number of fused-ring (bicyclic) bond motifs is 4. The van der Waals surface area contributed by atoms with Gasteiger partial charge in [-0.15, -0.1) is 31.7 Å². The Morgan fingerprint density at radius 3 is 2.33 bits per heavy atom. The topological polar surface area (TPSA) is 156 Å². The molecule has 2 aliphatic heterocycles. The molecule has 3 aliphatic carbocycles. The standard InChI is InChI=1S/C46H49ClN10O3S/c1-27-28(2)61-43-40(27)41(51-46(18-19-46)44-55-52-29(3)57(43)44)31-5-13-39(49-26-31)60-34-14-16-45(17-15-34)20-22-56(23-21-45)38-12-11-37(53-54-38)42(58)50-32-6-9-33(10-7-32)59-35-8-4-30(25-48)36(47)24-35/h4-5,8,11-13,24,26,32-34H,6-7,9-10,14-23H2,1-3H3,(H,50,58). The fourth-order valence-electron chi connectivity index (χ4n) is 9.78. The molecule has 4 aromatic heterocycles. The van der Waals surface area contributed by atoms with Crippen LogP contribution in [0, 0.1) is 37.5 Å². The number of rotatable bonds is 8. The molecule has 15 heteroatoms. The lowest BCUT2D eigenvalue weighted by molar-refractivity contribution is 0.0591. The molecule has 3 saturated carbocycles. The van der Waals surface area contributed by atoms with Gasteiger partial charge >= 0.3 is 0 Å².